The number of ether oxygens (including phenoxy) is 2. The van der Waals surface area contributed by atoms with Crippen molar-refractivity contribution in [2.75, 3.05) is 39.6 Å². The first-order valence-electron chi connectivity index (χ1n) is 3.51. The van der Waals surface area contributed by atoms with E-state index in [1.807, 2.05) is 0 Å². The molecule has 0 aromatic heterocycles. The molecule has 0 aliphatic rings. The van der Waals surface area contributed by atoms with Gasteiger partial charge in [-0.15, -0.1) is 0 Å². The minimum atomic E-state index is 0.0787. The summed E-state index contributed by atoms with van der Waals surface area (Å²) in [5.41, 5.74) is 0. The van der Waals surface area contributed by atoms with Gasteiger partial charge < -0.3 is 14.6 Å². The van der Waals surface area contributed by atoms with Crippen molar-refractivity contribution in [3.05, 3.63) is 0 Å². The van der Waals surface area contributed by atoms with Crippen molar-refractivity contribution in [1.82, 2.24) is 3.53 Å². The van der Waals surface area contributed by atoms with E-state index in [4.69, 9.17) is 14.6 Å². The number of nitrogens with one attached hydrogen (secondary N) is 1. The molecule has 0 atom stereocenters. The molecule has 5 heteroatoms. The molecule has 2 N–H and O–H groups in total. The first-order valence-corrected chi connectivity index (χ1v) is 4.59. The molecule has 0 rings (SSSR count). The summed E-state index contributed by atoms with van der Waals surface area (Å²) in [4.78, 5) is 0. The van der Waals surface area contributed by atoms with Crippen molar-refractivity contribution in [2.24, 2.45) is 0 Å². The van der Waals surface area contributed by atoms with Crippen LogP contribution in [0.15, 0.2) is 0 Å². The molecule has 0 aliphatic carbocycles. The van der Waals surface area contributed by atoms with Gasteiger partial charge in [-0.3, -0.25) is 3.53 Å². The monoisotopic (exact) mass is 275 g/mol. The molecule has 0 saturated heterocycles. The largest absolute Gasteiger partial charge is 0.394 e. The standard InChI is InChI=1S/C6H14INO3/c7-8-1-3-10-5-6-11-4-2-9/h8-9H,1-6H2. The smallest absolute Gasteiger partial charge is 0.0701 e. The van der Waals surface area contributed by atoms with E-state index in [1.165, 1.54) is 0 Å². The molecule has 68 valence electrons. The molecular formula is C6H14INO3. The summed E-state index contributed by atoms with van der Waals surface area (Å²) < 4.78 is 13.0. The maximum Gasteiger partial charge on any atom is 0.0701 e. The molecule has 0 amide bonds. The second-order valence-electron chi connectivity index (χ2n) is 1.83. The Labute approximate surface area is 80.8 Å². The predicted octanol–water partition coefficient (Wildman–Crippen LogP) is -0.0485. The lowest BCUT2D eigenvalue weighted by Gasteiger charge is -2.03. The average molecular weight is 275 g/mol. The first-order chi connectivity index (χ1) is 5.41. The zero-order valence-corrected chi connectivity index (χ0v) is 8.54. The highest BCUT2D eigenvalue weighted by Gasteiger charge is 1.87. The van der Waals surface area contributed by atoms with Crippen molar-refractivity contribution in [1.29, 1.82) is 0 Å². The van der Waals surface area contributed by atoms with E-state index in [9.17, 15) is 0 Å². The lowest BCUT2D eigenvalue weighted by atomic mass is 10.7. The van der Waals surface area contributed by atoms with E-state index < -0.39 is 0 Å². The van der Waals surface area contributed by atoms with Gasteiger partial charge in [-0.2, -0.15) is 0 Å². The van der Waals surface area contributed by atoms with Crippen LogP contribution < -0.4 is 3.53 Å². The van der Waals surface area contributed by atoms with E-state index in [-0.39, 0.29) is 6.61 Å². The fraction of sp³-hybridized carbons (Fsp3) is 1.00. The van der Waals surface area contributed by atoms with Crippen LogP contribution in [-0.2, 0) is 9.47 Å². The zero-order valence-electron chi connectivity index (χ0n) is 6.38. The molecule has 0 heterocycles. The van der Waals surface area contributed by atoms with Crippen LogP contribution in [0.2, 0.25) is 0 Å². The second kappa shape index (κ2) is 10.6. The van der Waals surface area contributed by atoms with Gasteiger partial charge in [-0.05, 0) is 0 Å². The minimum Gasteiger partial charge on any atom is -0.394 e. The number of hydrogen-bond acceptors (Lipinski definition) is 4. The third-order valence-corrected chi connectivity index (χ3v) is 1.49. The van der Waals surface area contributed by atoms with Gasteiger partial charge in [0.15, 0.2) is 0 Å². The Balaban J connectivity index is 2.69. The molecule has 0 saturated carbocycles. The van der Waals surface area contributed by atoms with Crippen LogP contribution in [0.1, 0.15) is 0 Å². The van der Waals surface area contributed by atoms with Gasteiger partial charge in [0.2, 0.25) is 0 Å². The molecule has 0 aromatic carbocycles. The van der Waals surface area contributed by atoms with E-state index in [0.717, 1.165) is 6.54 Å². The Bertz CT molecular complexity index is 66.8. The van der Waals surface area contributed by atoms with Gasteiger partial charge in [0.1, 0.15) is 0 Å². The summed E-state index contributed by atoms with van der Waals surface area (Å²) in [6.45, 7) is 3.18. The van der Waals surface area contributed by atoms with E-state index in [0.29, 0.717) is 26.4 Å². The van der Waals surface area contributed by atoms with Crippen LogP contribution in [0.4, 0.5) is 0 Å². The Hall–Kier alpha value is 0.570. The van der Waals surface area contributed by atoms with Crippen LogP contribution >= 0.6 is 22.9 Å². The molecular weight excluding hydrogens is 261 g/mol. The maximum atomic E-state index is 8.33. The third-order valence-electron chi connectivity index (χ3n) is 0.949. The number of rotatable bonds is 8. The molecule has 0 bridgehead atoms. The molecule has 0 aliphatic heterocycles. The van der Waals surface area contributed by atoms with Gasteiger partial charge >= 0.3 is 0 Å². The molecule has 11 heavy (non-hydrogen) atoms. The fourth-order valence-corrected chi connectivity index (χ4v) is 0.717. The average Bonchev–Trinajstić information content (AvgIpc) is 2.03. The highest BCUT2D eigenvalue weighted by Crippen LogP contribution is 1.78. The van der Waals surface area contributed by atoms with Gasteiger partial charge in [-0.25, -0.2) is 0 Å². The number of aliphatic hydroxyl groups excluding tert-OH is 1. The second-order valence-corrected chi connectivity index (χ2v) is 2.59. The molecule has 0 spiro atoms. The van der Waals surface area contributed by atoms with Crippen LogP contribution in [0.3, 0.4) is 0 Å². The lowest BCUT2D eigenvalue weighted by molar-refractivity contribution is 0.0351. The predicted molar refractivity (Wildman–Crippen MR) is 50.7 cm³/mol. The third kappa shape index (κ3) is 10.6. The minimum absolute atomic E-state index is 0.0787. The maximum absolute atomic E-state index is 8.33. The molecule has 4 nitrogen and oxygen atoms in total. The van der Waals surface area contributed by atoms with Crippen LogP contribution in [0, 0.1) is 0 Å². The summed E-state index contributed by atoms with van der Waals surface area (Å²) in [6, 6.07) is 0. The van der Waals surface area contributed by atoms with Crippen LogP contribution in [0.25, 0.3) is 0 Å². The zero-order chi connectivity index (χ0) is 8.36. The van der Waals surface area contributed by atoms with Crippen molar-refractivity contribution in [3.63, 3.8) is 0 Å². The SMILES string of the molecule is OCCOCCOCCNI. The van der Waals surface area contributed by atoms with Crippen LogP contribution in [0.5, 0.6) is 0 Å². The van der Waals surface area contributed by atoms with E-state index >= 15 is 0 Å². The first kappa shape index (κ1) is 11.6. The number of hydrogen-bond donors (Lipinski definition) is 2. The fourth-order valence-electron chi connectivity index (χ4n) is 0.497. The normalized spacial score (nSPS) is 10.4. The Morgan fingerprint density at radius 2 is 1.73 bits per heavy atom. The van der Waals surface area contributed by atoms with Crippen molar-refractivity contribution >= 4 is 22.9 Å². The van der Waals surface area contributed by atoms with E-state index in [2.05, 4.69) is 26.4 Å². The molecule has 0 aromatic rings. The summed E-state index contributed by atoms with van der Waals surface area (Å²) in [5, 5.41) is 8.33. The molecule has 0 radical (unpaired) electrons. The van der Waals surface area contributed by atoms with E-state index in [1.54, 1.807) is 0 Å². The van der Waals surface area contributed by atoms with Crippen molar-refractivity contribution in [2.45, 2.75) is 0 Å². The highest BCUT2D eigenvalue weighted by atomic mass is 127. The number of aliphatic hydroxyl groups is 1. The molecule has 0 fully saturated rings. The Kier molecular flexibility index (Phi) is 11.1. The summed E-state index contributed by atoms with van der Waals surface area (Å²) in [5.74, 6) is 0. The van der Waals surface area contributed by atoms with Gasteiger partial charge in [0, 0.05) is 29.4 Å². The van der Waals surface area contributed by atoms with Crippen molar-refractivity contribution < 1.29 is 14.6 Å². The molecule has 0 unspecified atom stereocenters. The van der Waals surface area contributed by atoms with Crippen molar-refractivity contribution in [3.8, 4) is 0 Å². The topological polar surface area (TPSA) is 50.7 Å². The highest BCUT2D eigenvalue weighted by molar-refractivity contribution is 14.1. The lowest BCUT2D eigenvalue weighted by Crippen LogP contribution is -2.13. The summed E-state index contributed by atoms with van der Waals surface area (Å²) >= 11 is 2.07. The van der Waals surface area contributed by atoms with Crippen LogP contribution in [-0.4, -0.2) is 44.7 Å². The van der Waals surface area contributed by atoms with Gasteiger partial charge in [-0.1, -0.05) is 0 Å². The summed E-state index contributed by atoms with van der Waals surface area (Å²) in [7, 11) is 0. The van der Waals surface area contributed by atoms with Gasteiger partial charge in [0.05, 0.1) is 33.0 Å². The quantitative estimate of drug-likeness (QED) is 0.370. The van der Waals surface area contributed by atoms with Gasteiger partial charge in [0.25, 0.3) is 0 Å². The summed E-state index contributed by atoms with van der Waals surface area (Å²) in [6.07, 6.45) is 0. The Morgan fingerprint density at radius 1 is 1.09 bits per heavy atom. The Morgan fingerprint density at radius 3 is 2.27 bits per heavy atom. The number of halogens is 1.